The highest BCUT2D eigenvalue weighted by molar-refractivity contribution is 5.65. The molecule has 0 spiro atoms. The second-order valence-electron chi connectivity index (χ2n) is 6.58. The van der Waals surface area contributed by atoms with Gasteiger partial charge in [0.25, 0.3) is 0 Å². The average molecular weight is 351 g/mol. The minimum Gasteiger partial charge on any atom is -0.494 e. The topological polar surface area (TPSA) is 42.4 Å². The Bertz CT molecular complexity index is 878. The van der Waals surface area contributed by atoms with Gasteiger partial charge in [0.05, 0.1) is 7.11 Å². The van der Waals surface area contributed by atoms with Crippen molar-refractivity contribution in [1.29, 1.82) is 0 Å². The molecule has 0 radical (unpaired) electrons. The van der Waals surface area contributed by atoms with Crippen molar-refractivity contribution >= 4 is 0 Å². The molecule has 0 bridgehead atoms. The molecule has 26 heavy (non-hydrogen) atoms. The number of aromatic nitrogens is 1. The van der Waals surface area contributed by atoms with Crippen LogP contribution < -0.4 is 4.74 Å². The highest BCUT2D eigenvalue weighted by atomic mass is 19.1. The van der Waals surface area contributed by atoms with Crippen molar-refractivity contribution in [2.45, 2.75) is 19.4 Å². The first-order valence-electron chi connectivity index (χ1n) is 8.54. The molecule has 0 saturated heterocycles. The Labute approximate surface area is 153 Å². The molecule has 1 heterocycles. The third kappa shape index (κ3) is 3.20. The van der Waals surface area contributed by atoms with E-state index < -0.39 is 11.4 Å². The number of hydrogen-bond donors (Lipinski definition) is 1. The zero-order valence-electron chi connectivity index (χ0n) is 15.1. The van der Waals surface area contributed by atoms with Crippen molar-refractivity contribution in [3.63, 3.8) is 0 Å². The fourth-order valence-electron chi connectivity index (χ4n) is 3.20. The van der Waals surface area contributed by atoms with Crippen LogP contribution >= 0.6 is 0 Å². The Hall–Kier alpha value is -2.72. The number of benzene rings is 2. The third-order valence-corrected chi connectivity index (χ3v) is 4.77. The summed E-state index contributed by atoms with van der Waals surface area (Å²) in [5, 5.41) is 11.4. The Kier molecular flexibility index (Phi) is 5.05. The molecule has 0 fully saturated rings. The highest BCUT2D eigenvalue weighted by Crippen LogP contribution is 2.37. The molecular formula is C22H22FNO2. The molecule has 2 aromatic carbocycles. The van der Waals surface area contributed by atoms with Gasteiger partial charge >= 0.3 is 0 Å². The molecule has 134 valence electrons. The van der Waals surface area contributed by atoms with E-state index in [9.17, 15) is 9.50 Å². The first kappa shape index (κ1) is 18.1. The summed E-state index contributed by atoms with van der Waals surface area (Å²) in [4.78, 5) is 4.03. The van der Waals surface area contributed by atoms with E-state index in [0.29, 0.717) is 0 Å². The van der Waals surface area contributed by atoms with Gasteiger partial charge in [0.2, 0.25) is 0 Å². The summed E-state index contributed by atoms with van der Waals surface area (Å²) in [5.41, 5.74) is 2.09. The number of ether oxygens (including phenoxy) is 1. The van der Waals surface area contributed by atoms with Crippen LogP contribution in [0.4, 0.5) is 4.39 Å². The number of methoxy groups -OCH3 is 1. The van der Waals surface area contributed by atoms with E-state index in [-0.39, 0.29) is 11.7 Å². The lowest BCUT2D eigenvalue weighted by Crippen LogP contribution is -2.33. The van der Waals surface area contributed by atoms with E-state index in [1.54, 1.807) is 18.5 Å². The van der Waals surface area contributed by atoms with Crippen LogP contribution in [0.2, 0.25) is 0 Å². The van der Waals surface area contributed by atoms with Crippen LogP contribution in [0.1, 0.15) is 25.0 Å². The van der Waals surface area contributed by atoms with Gasteiger partial charge < -0.3 is 9.84 Å². The van der Waals surface area contributed by atoms with Crippen molar-refractivity contribution in [1.82, 2.24) is 4.98 Å². The second-order valence-corrected chi connectivity index (χ2v) is 6.58. The van der Waals surface area contributed by atoms with Gasteiger partial charge in [-0.05, 0) is 52.4 Å². The summed E-state index contributed by atoms with van der Waals surface area (Å²) >= 11 is 0. The summed E-state index contributed by atoms with van der Waals surface area (Å²) < 4.78 is 18.9. The van der Waals surface area contributed by atoms with Crippen molar-refractivity contribution in [2.24, 2.45) is 5.92 Å². The van der Waals surface area contributed by atoms with Gasteiger partial charge in [0.15, 0.2) is 11.6 Å². The molecule has 1 atom stereocenters. The predicted molar refractivity (Wildman–Crippen MR) is 100 cm³/mol. The summed E-state index contributed by atoms with van der Waals surface area (Å²) in [5.74, 6) is -0.212. The number of halogens is 1. The van der Waals surface area contributed by atoms with Crippen LogP contribution in [0.25, 0.3) is 11.1 Å². The fraction of sp³-hybridized carbons (Fsp3) is 0.227. The molecule has 0 saturated carbocycles. The van der Waals surface area contributed by atoms with E-state index in [1.807, 2.05) is 56.3 Å². The molecule has 3 nitrogen and oxygen atoms in total. The quantitative estimate of drug-likeness (QED) is 0.719. The molecule has 1 N–H and O–H groups in total. The van der Waals surface area contributed by atoms with E-state index >= 15 is 0 Å². The van der Waals surface area contributed by atoms with Crippen LogP contribution in [-0.2, 0) is 5.60 Å². The first-order chi connectivity index (χ1) is 12.5. The molecule has 3 aromatic rings. The summed E-state index contributed by atoms with van der Waals surface area (Å²) in [6, 6.07) is 16.1. The Morgan fingerprint density at radius 2 is 1.50 bits per heavy atom. The van der Waals surface area contributed by atoms with E-state index in [2.05, 4.69) is 4.98 Å². The minimum atomic E-state index is -1.12. The Balaban J connectivity index is 1.99. The van der Waals surface area contributed by atoms with E-state index in [4.69, 9.17) is 4.74 Å². The number of pyridine rings is 1. The van der Waals surface area contributed by atoms with Gasteiger partial charge in [-0.25, -0.2) is 4.39 Å². The lowest BCUT2D eigenvalue weighted by Gasteiger charge is -2.33. The Morgan fingerprint density at radius 1 is 0.923 bits per heavy atom. The zero-order chi connectivity index (χ0) is 18.7. The minimum absolute atomic E-state index is 0.0332. The summed E-state index contributed by atoms with van der Waals surface area (Å²) in [6.07, 6.45) is 3.36. The number of aliphatic hydroxyl groups is 1. The smallest absolute Gasteiger partial charge is 0.165 e. The molecule has 4 heteroatoms. The number of rotatable bonds is 5. The van der Waals surface area contributed by atoms with Gasteiger partial charge in [-0.15, -0.1) is 0 Å². The van der Waals surface area contributed by atoms with Gasteiger partial charge in [0, 0.05) is 12.4 Å². The zero-order valence-corrected chi connectivity index (χ0v) is 15.1. The van der Waals surface area contributed by atoms with Crippen molar-refractivity contribution < 1.29 is 14.2 Å². The number of nitrogens with zero attached hydrogens (tertiary/aromatic N) is 1. The van der Waals surface area contributed by atoms with E-state index in [1.165, 1.54) is 13.2 Å². The molecule has 0 aliphatic rings. The Morgan fingerprint density at radius 3 is 2.04 bits per heavy atom. The fourth-order valence-corrected chi connectivity index (χ4v) is 3.20. The van der Waals surface area contributed by atoms with Gasteiger partial charge in [0.1, 0.15) is 5.60 Å². The normalized spacial score (nSPS) is 13.5. The maximum Gasteiger partial charge on any atom is 0.165 e. The summed E-state index contributed by atoms with van der Waals surface area (Å²) in [7, 11) is 1.44. The summed E-state index contributed by atoms with van der Waals surface area (Å²) in [6.45, 7) is 3.96. The van der Waals surface area contributed by atoms with Crippen LogP contribution in [0.5, 0.6) is 5.75 Å². The highest BCUT2D eigenvalue weighted by Gasteiger charge is 2.35. The van der Waals surface area contributed by atoms with Crippen molar-refractivity contribution in [2.75, 3.05) is 7.11 Å². The van der Waals surface area contributed by atoms with Gasteiger partial charge in [-0.2, -0.15) is 0 Å². The maximum absolute atomic E-state index is 14.0. The molecule has 1 aromatic heterocycles. The van der Waals surface area contributed by atoms with Gasteiger partial charge in [-0.1, -0.05) is 44.2 Å². The largest absolute Gasteiger partial charge is 0.494 e. The molecule has 0 amide bonds. The SMILES string of the molecule is COc1ccc(-c2ccc(C(O)(c3ccncc3)C(C)C)cc2)cc1F. The molecular weight excluding hydrogens is 329 g/mol. The van der Waals surface area contributed by atoms with Crippen LogP contribution in [0.15, 0.2) is 67.0 Å². The van der Waals surface area contributed by atoms with Crippen LogP contribution in [0.3, 0.4) is 0 Å². The van der Waals surface area contributed by atoms with E-state index in [0.717, 1.165) is 22.3 Å². The molecule has 0 aliphatic carbocycles. The lowest BCUT2D eigenvalue weighted by atomic mass is 9.78. The van der Waals surface area contributed by atoms with Crippen molar-refractivity contribution in [3.05, 3.63) is 83.9 Å². The maximum atomic E-state index is 14.0. The molecule has 3 rings (SSSR count). The number of hydrogen-bond acceptors (Lipinski definition) is 3. The average Bonchev–Trinajstić information content (AvgIpc) is 2.68. The van der Waals surface area contributed by atoms with Crippen LogP contribution in [0, 0.1) is 11.7 Å². The second kappa shape index (κ2) is 7.26. The monoisotopic (exact) mass is 351 g/mol. The third-order valence-electron chi connectivity index (χ3n) is 4.77. The molecule has 1 unspecified atom stereocenters. The van der Waals surface area contributed by atoms with Gasteiger partial charge in [-0.3, -0.25) is 4.98 Å². The predicted octanol–water partition coefficient (Wildman–Crippen LogP) is 4.79. The first-order valence-corrected chi connectivity index (χ1v) is 8.54. The standard InChI is InChI=1S/C22H22FNO2/c1-15(2)22(25,19-10-12-24-13-11-19)18-7-4-16(5-8-18)17-6-9-21(26-3)20(23)14-17/h4-15,25H,1-3H3. The van der Waals surface area contributed by atoms with Crippen LogP contribution in [-0.4, -0.2) is 17.2 Å². The lowest BCUT2D eigenvalue weighted by molar-refractivity contribution is 0.0317. The van der Waals surface area contributed by atoms with Crippen molar-refractivity contribution in [3.8, 4) is 16.9 Å². The molecule has 0 aliphatic heterocycles.